The largest absolute Gasteiger partial charge is 0.204 e. The van der Waals surface area contributed by atoms with E-state index >= 15 is 0 Å². The molecule has 0 radical (unpaired) electrons. The average Bonchev–Trinajstić information content (AvgIpc) is 2.30. The Kier molecular flexibility index (Phi) is 3.23. The number of rotatable bonds is 2. The fourth-order valence-corrected chi connectivity index (χ4v) is 1.36. The maximum absolute atomic E-state index is 13.3. The monoisotopic (exact) mass is 232 g/mol. The van der Waals surface area contributed by atoms with Gasteiger partial charge in [-0.1, -0.05) is 24.3 Å². The summed E-state index contributed by atoms with van der Waals surface area (Å²) in [5.41, 5.74) is 1.12. The van der Waals surface area contributed by atoms with Crippen molar-refractivity contribution in [3.63, 3.8) is 0 Å². The second-order valence-electron chi connectivity index (χ2n) is 3.56. The van der Waals surface area contributed by atoms with Crippen molar-refractivity contribution in [2.75, 3.05) is 0 Å². The zero-order chi connectivity index (χ0) is 12.3. The maximum atomic E-state index is 13.3. The third-order valence-corrected chi connectivity index (χ3v) is 2.31. The minimum atomic E-state index is -0.720. The van der Waals surface area contributed by atoms with Crippen molar-refractivity contribution < 1.29 is 8.78 Å². The first-order chi connectivity index (χ1) is 8.18. The van der Waals surface area contributed by atoms with E-state index in [2.05, 4.69) is 10.2 Å². The summed E-state index contributed by atoms with van der Waals surface area (Å²) in [5.74, 6) is -1.44. The molecule has 0 N–H and O–H groups in total. The van der Waals surface area contributed by atoms with E-state index in [0.29, 0.717) is 5.69 Å². The Morgan fingerprint density at radius 2 is 1.47 bits per heavy atom. The van der Waals surface area contributed by atoms with E-state index in [0.717, 1.165) is 17.7 Å². The number of halogens is 2. The third-order valence-electron chi connectivity index (χ3n) is 2.31. The van der Waals surface area contributed by atoms with Crippen LogP contribution in [0.25, 0.3) is 0 Å². The molecule has 0 bridgehead atoms. The summed E-state index contributed by atoms with van der Waals surface area (Å²) < 4.78 is 26.5. The van der Waals surface area contributed by atoms with Gasteiger partial charge in [-0.2, -0.15) is 5.11 Å². The molecule has 0 fully saturated rings. The van der Waals surface area contributed by atoms with E-state index in [1.807, 2.05) is 19.1 Å². The fourth-order valence-electron chi connectivity index (χ4n) is 1.36. The molecular formula is C13H10F2N2. The Balaban J connectivity index is 2.36. The lowest BCUT2D eigenvalue weighted by atomic mass is 10.2. The van der Waals surface area contributed by atoms with Gasteiger partial charge >= 0.3 is 0 Å². The second kappa shape index (κ2) is 4.82. The Morgan fingerprint density at radius 3 is 2.12 bits per heavy atom. The lowest BCUT2D eigenvalue weighted by molar-refractivity contribution is 0.585. The molecule has 0 spiro atoms. The third kappa shape index (κ3) is 2.53. The summed E-state index contributed by atoms with van der Waals surface area (Å²) in [6, 6.07) is 10.8. The van der Waals surface area contributed by atoms with Gasteiger partial charge in [0.2, 0.25) is 0 Å². The van der Waals surface area contributed by atoms with Gasteiger partial charge in [-0.3, -0.25) is 0 Å². The normalized spacial score (nSPS) is 11.0. The summed E-state index contributed by atoms with van der Waals surface area (Å²) in [6.07, 6.45) is 0. The number of benzene rings is 2. The van der Waals surface area contributed by atoms with Crippen molar-refractivity contribution in [3.8, 4) is 0 Å². The van der Waals surface area contributed by atoms with Crippen molar-refractivity contribution in [3.05, 3.63) is 59.7 Å². The molecule has 4 heteroatoms. The number of azo groups is 1. The first-order valence-electron chi connectivity index (χ1n) is 5.10. The van der Waals surface area contributed by atoms with Crippen LogP contribution in [0.5, 0.6) is 0 Å². The van der Waals surface area contributed by atoms with E-state index in [-0.39, 0.29) is 5.69 Å². The predicted molar refractivity (Wildman–Crippen MR) is 61.7 cm³/mol. The summed E-state index contributed by atoms with van der Waals surface area (Å²) in [7, 11) is 0. The van der Waals surface area contributed by atoms with Crippen LogP contribution in [-0.2, 0) is 0 Å². The Morgan fingerprint density at radius 1 is 0.824 bits per heavy atom. The lowest BCUT2D eigenvalue weighted by Gasteiger charge is -1.99. The fraction of sp³-hybridized carbons (Fsp3) is 0.0769. The van der Waals surface area contributed by atoms with Gasteiger partial charge in [0.05, 0.1) is 5.69 Å². The second-order valence-corrected chi connectivity index (χ2v) is 3.56. The van der Waals surface area contributed by atoms with E-state index in [1.165, 1.54) is 6.07 Å². The molecule has 0 heterocycles. The highest BCUT2D eigenvalue weighted by Gasteiger charge is 2.06. The van der Waals surface area contributed by atoms with Gasteiger partial charge in [-0.15, -0.1) is 5.11 Å². The highest BCUT2D eigenvalue weighted by Crippen LogP contribution is 2.25. The highest BCUT2D eigenvalue weighted by molar-refractivity contribution is 5.46. The van der Waals surface area contributed by atoms with Crippen molar-refractivity contribution in [1.29, 1.82) is 0 Å². The Hall–Kier alpha value is -2.10. The van der Waals surface area contributed by atoms with Crippen LogP contribution in [0, 0.1) is 18.6 Å². The van der Waals surface area contributed by atoms with Crippen molar-refractivity contribution in [2.45, 2.75) is 6.92 Å². The number of hydrogen-bond acceptors (Lipinski definition) is 2. The lowest BCUT2D eigenvalue weighted by Crippen LogP contribution is -1.80. The van der Waals surface area contributed by atoms with Crippen LogP contribution in [0.1, 0.15) is 5.56 Å². The zero-order valence-corrected chi connectivity index (χ0v) is 9.19. The zero-order valence-electron chi connectivity index (χ0n) is 9.19. The minimum Gasteiger partial charge on any atom is -0.204 e. The molecule has 0 saturated heterocycles. The molecule has 2 nitrogen and oxygen atoms in total. The highest BCUT2D eigenvalue weighted by atomic mass is 19.1. The van der Waals surface area contributed by atoms with E-state index in [1.54, 1.807) is 12.1 Å². The van der Waals surface area contributed by atoms with Crippen LogP contribution >= 0.6 is 0 Å². The van der Waals surface area contributed by atoms with Gasteiger partial charge in [0, 0.05) is 0 Å². The molecule has 0 aliphatic heterocycles. The summed E-state index contributed by atoms with van der Waals surface area (Å²) in [6.45, 7) is 1.85. The van der Waals surface area contributed by atoms with Gasteiger partial charge in [-0.25, -0.2) is 8.78 Å². The van der Waals surface area contributed by atoms with E-state index in [4.69, 9.17) is 0 Å². The molecule has 0 aliphatic rings. The van der Waals surface area contributed by atoms with Crippen LogP contribution in [0.3, 0.4) is 0 Å². The molecular weight excluding hydrogens is 222 g/mol. The Labute approximate surface area is 97.6 Å². The quantitative estimate of drug-likeness (QED) is 0.671. The molecule has 2 aromatic rings. The maximum Gasteiger partial charge on any atom is 0.157 e. The molecule has 17 heavy (non-hydrogen) atoms. The van der Waals surface area contributed by atoms with Crippen LogP contribution < -0.4 is 0 Å². The summed E-state index contributed by atoms with van der Waals surface area (Å²) >= 11 is 0. The Bertz CT molecular complexity index is 545. The molecule has 0 saturated carbocycles. The SMILES string of the molecule is Cc1ccccc1N=Nc1c(F)cccc1F. The molecule has 0 unspecified atom stereocenters. The first-order valence-corrected chi connectivity index (χ1v) is 5.10. The molecule has 0 atom stereocenters. The minimum absolute atomic E-state index is 0.365. The van der Waals surface area contributed by atoms with Gasteiger partial charge < -0.3 is 0 Å². The van der Waals surface area contributed by atoms with Crippen molar-refractivity contribution >= 4 is 11.4 Å². The molecule has 2 aromatic carbocycles. The van der Waals surface area contributed by atoms with Gasteiger partial charge in [0.25, 0.3) is 0 Å². The van der Waals surface area contributed by atoms with Gasteiger partial charge in [-0.05, 0) is 30.7 Å². The smallest absolute Gasteiger partial charge is 0.157 e. The number of nitrogens with zero attached hydrogens (tertiary/aromatic N) is 2. The molecule has 0 aliphatic carbocycles. The standard InChI is InChI=1S/C13H10F2N2/c1-9-5-2-3-8-12(9)16-17-13-10(14)6-4-7-11(13)15/h2-8H,1H3. The molecule has 2 rings (SSSR count). The van der Waals surface area contributed by atoms with Crippen molar-refractivity contribution in [2.24, 2.45) is 10.2 Å². The molecule has 0 amide bonds. The molecule has 86 valence electrons. The van der Waals surface area contributed by atoms with Gasteiger partial charge in [0.15, 0.2) is 17.3 Å². The van der Waals surface area contributed by atoms with Crippen molar-refractivity contribution in [1.82, 2.24) is 0 Å². The van der Waals surface area contributed by atoms with Crippen LogP contribution in [0.2, 0.25) is 0 Å². The number of hydrogen-bond donors (Lipinski definition) is 0. The van der Waals surface area contributed by atoms with Crippen LogP contribution in [-0.4, -0.2) is 0 Å². The predicted octanol–water partition coefficient (Wildman–Crippen LogP) is 4.69. The first kappa shape index (κ1) is 11.4. The topological polar surface area (TPSA) is 24.7 Å². The van der Waals surface area contributed by atoms with E-state index in [9.17, 15) is 8.78 Å². The van der Waals surface area contributed by atoms with E-state index < -0.39 is 11.6 Å². The summed E-state index contributed by atoms with van der Waals surface area (Å²) in [5, 5.41) is 7.45. The van der Waals surface area contributed by atoms with Gasteiger partial charge in [0.1, 0.15) is 0 Å². The van der Waals surface area contributed by atoms with Crippen LogP contribution in [0.15, 0.2) is 52.7 Å². The average molecular weight is 232 g/mol. The summed E-state index contributed by atoms with van der Waals surface area (Å²) in [4.78, 5) is 0. The number of aryl methyl sites for hydroxylation is 1. The van der Waals surface area contributed by atoms with Crippen LogP contribution in [0.4, 0.5) is 20.2 Å². The molecule has 0 aromatic heterocycles.